The molecule has 1 aromatic rings. The lowest BCUT2D eigenvalue weighted by Gasteiger charge is -2.32. The van der Waals surface area contributed by atoms with E-state index in [0.717, 1.165) is 25.8 Å². The van der Waals surface area contributed by atoms with E-state index in [4.69, 9.17) is 17.3 Å². The number of halogens is 2. The number of rotatable bonds is 3. The summed E-state index contributed by atoms with van der Waals surface area (Å²) in [5.74, 6) is -0.0881. The Hall–Kier alpha value is -1.13. The van der Waals surface area contributed by atoms with Gasteiger partial charge in [0.2, 0.25) is 0 Å². The van der Waals surface area contributed by atoms with Crippen LogP contribution in [0.5, 0.6) is 0 Å². The Kier molecular flexibility index (Phi) is 4.77. The number of nitrogens with two attached hydrogens (primary N) is 1. The van der Waals surface area contributed by atoms with Crippen molar-refractivity contribution in [2.75, 3.05) is 19.6 Å². The number of amides is 1. The van der Waals surface area contributed by atoms with Gasteiger partial charge in [-0.25, -0.2) is 4.39 Å². The minimum Gasteiger partial charge on any atom is -0.338 e. The van der Waals surface area contributed by atoms with Crippen LogP contribution in [-0.2, 0) is 0 Å². The van der Waals surface area contributed by atoms with Gasteiger partial charge in [0.25, 0.3) is 5.91 Å². The molecule has 1 atom stereocenters. The maximum atomic E-state index is 13.0. The van der Waals surface area contributed by atoms with Crippen molar-refractivity contribution in [3.8, 4) is 0 Å². The third-order valence-corrected chi connectivity index (χ3v) is 3.86. The van der Waals surface area contributed by atoms with Gasteiger partial charge in [-0.05, 0) is 49.9 Å². The molecule has 104 valence electrons. The highest BCUT2D eigenvalue weighted by molar-refractivity contribution is 6.33. The number of likely N-dealkylation sites (tertiary alicyclic amines) is 1. The zero-order valence-corrected chi connectivity index (χ0v) is 11.5. The molecule has 0 spiro atoms. The van der Waals surface area contributed by atoms with E-state index in [-0.39, 0.29) is 10.9 Å². The summed E-state index contributed by atoms with van der Waals surface area (Å²) in [7, 11) is 0. The summed E-state index contributed by atoms with van der Waals surface area (Å²) in [6.45, 7) is 2.08. The average molecular weight is 285 g/mol. The van der Waals surface area contributed by atoms with Gasteiger partial charge in [-0.2, -0.15) is 0 Å². The van der Waals surface area contributed by atoms with E-state index in [1.54, 1.807) is 4.90 Å². The Morgan fingerprint density at radius 1 is 1.53 bits per heavy atom. The molecule has 1 unspecified atom stereocenters. The fourth-order valence-corrected chi connectivity index (χ4v) is 2.80. The second kappa shape index (κ2) is 6.35. The maximum absolute atomic E-state index is 13.0. The van der Waals surface area contributed by atoms with Crippen LogP contribution in [0.3, 0.4) is 0 Å². The van der Waals surface area contributed by atoms with Crippen molar-refractivity contribution < 1.29 is 9.18 Å². The molecular formula is C14H18ClFN2O. The number of carbonyl (C=O) groups is 1. The zero-order valence-electron chi connectivity index (χ0n) is 10.7. The van der Waals surface area contributed by atoms with Crippen molar-refractivity contribution in [3.05, 3.63) is 34.6 Å². The molecule has 3 nitrogen and oxygen atoms in total. The van der Waals surface area contributed by atoms with Gasteiger partial charge in [-0.1, -0.05) is 11.6 Å². The van der Waals surface area contributed by atoms with Gasteiger partial charge in [0.1, 0.15) is 5.82 Å². The molecule has 0 aliphatic carbocycles. The largest absolute Gasteiger partial charge is 0.338 e. The van der Waals surface area contributed by atoms with E-state index in [1.165, 1.54) is 18.2 Å². The first kappa shape index (κ1) is 14.3. The predicted octanol–water partition coefficient (Wildman–Crippen LogP) is 2.68. The Bertz CT molecular complexity index is 465. The first-order chi connectivity index (χ1) is 9.11. The molecular weight excluding hydrogens is 267 g/mol. The molecule has 1 amide bonds. The molecule has 2 rings (SSSR count). The molecule has 1 aromatic carbocycles. The average Bonchev–Trinajstić information content (AvgIpc) is 2.39. The minimum absolute atomic E-state index is 0.119. The van der Waals surface area contributed by atoms with Crippen LogP contribution >= 0.6 is 11.6 Å². The van der Waals surface area contributed by atoms with E-state index in [9.17, 15) is 9.18 Å². The van der Waals surface area contributed by atoms with Crippen LogP contribution in [0.2, 0.25) is 5.02 Å². The van der Waals surface area contributed by atoms with Gasteiger partial charge >= 0.3 is 0 Å². The van der Waals surface area contributed by atoms with E-state index in [0.29, 0.717) is 24.6 Å². The summed E-state index contributed by atoms with van der Waals surface area (Å²) in [5, 5.41) is 0.172. The van der Waals surface area contributed by atoms with Crippen LogP contribution in [0.1, 0.15) is 29.6 Å². The van der Waals surface area contributed by atoms with Crippen molar-refractivity contribution in [1.82, 2.24) is 4.90 Å². The van der Waals surface area contributed by atoms with Crippen molar-refractivity contribution in [2.45, 2.75) is 19.3 Å². The molecule has 0 radical (unpaired) electrons. The lowest BCUT2D eigenvalue weighted by molar-refractivity contribution is 0.0669. The summed E-state index contributed by atoms with van der Waals surface area (Å²) in [6.07, 6.45) is 3.02. The molecule has 1 fully saturated rings. The highest BCUT2D eigenvalue weighted by Gasteiger charge is 2.25. The number of hydrogen-bond acceptors (Lipinski definition) is 2. The standard InChI is InChI=1S/C14H18ClFN2O/c15-13-8-11(16)3-4-12(13)14(19)18-7-1-2-10(9-18)5-6-17/h3-4,8,10H,1-2,5-7,9,17H2. The summed E-state index contributed by atoms with van der Waals surface area (Å²) >= 11 is 5.93. The molecule has 0 saturated carbocycles. The van der Waals surface area contributed by atoms with E-state index in [2.05, 4.69) is 0 Å². The molecule has 0 bridgehead atoms. The monoisotopic (exact) mass is 284 g/mol. The van der Waals surface area contributed by atoms with Gasteiger partial charge in [0.05, 0.1) is 10.6 Å². The van der Waals surface area contributed by atoms with Crippen molar-refractivity contribution >= 4 is 17.5 Å². The van der Waals surface area contributed by atoms with Gasteiger partial charge in [-0.15, -0.1) is 0 Å². The lowest BCUT2D eigenvalue weighted by atomic mass is 9.94. The van der Waals surface area contributed by atoms with Crippen LogP contribution in [0.15, 0.2) is 18.2 Å². The SMILES string of the molecule is NCCC1CCCN(C(=O)c2ccc(F)cc2Cl)C1. The molecule has 0 aromatic heterocycles. The van der Waals surface area contributed by atoms with Crippen LogP contribution < -0.4 is 5.73 Å². The summed E-state index contributed by atoms with van der Waals surface area (Å²) in [6, 6.07) is 3.89. The van der Waals surface area contributed by atoms with Crippen molar-refractivity contribution in [3.63, 3.8) is 0 Å². The van der Waals surface area contributed by atoms with Gasteiger partial charge in [0.15, 0.2) is 0 Å². The molecule has 1 heterocycles. The summed E-state index contributed by atoms with van der Waals surface area (Å²) in [4.78, 5) is 14.2. The fourth-order valence-electron chi connectivity index (χ4n) is 2.55. The highest BCUT2D eigenvalue weighted by atomic mass is 35.5. The van der Waals surface area contributed by atoms with Crippen LogP contribution in [0.25, 0.3) is 0 Å². The van der Waals surface area contributed by atoms with E-state index < -0.39 is 5.82 Å². The summed E-state index contributed by atoms with van der Waals surface area (Å²) < 4.78 is 13.0. The molecule has 5 heteroatoms. The van der Waals surface area contributed by atoms with E-state index in [1.807, 2.05) is 0 Å². The van der Waals surface area contributed by atoms with Crippen LogP contribution in [0.4, 0.5) is 4.39 Å². The fraction of sp³-hybridized carbons (Fsp3) is 0.500. The van der Waals surface area contributed by atoms with Crippen LogP contribution in [-0.4, -0.2) is 30.4 Å². The number of nitrogens with zero attached hydrogens (tertiary/aromatic N) is 1. The number of benzene rings is 1. The summed E-state index contributed by atoms with van der Waals surface area (Å²) in [5.41, 5.74) is 5.94. The quantitative estimate of drug-likeness (QED) is 0.927. The van der Waals surface area contributed by atoms with Crippen LogP contribution in [0, 0.1) is 11.7 Å². The number of carbonyl (C=O) groups excluding carboxylic acids is 1. The molecule has 2 N–H and O–H groups in total. The van der Waals surface area contributed by atoms with Gasteiger partial charge in [-0.3, -0.25) is 4.79 Å². The number of piperidine rings is 1. The Morgan fingerprint density at radius 2 is 2.32 bits per heavy atom. The predicted molar refractivity (Wildman–Crippen MR) is 73.7 cm³/mol. The second-order valence-electron chi connectivity index (χ2n) is 4.96. The van der Waals surface area contributed by atoms with Gasteiger partial charge in [0, 0.05) is 13.1 Å². The lowest BCUT2D eigenvalue weighted by Crippen LogP contribution is -2.40. The smallest absolute Gasteiger partial charge is 0.255 e. The molecule has 1 aliphatic heterocycles. The third-order valence-electron chi connectivity index (χ3n) is 3.54. The van der Waals surface area contributed by atoms with Crippen molar-refractivity contribution in [1.29, 1.82) is 0 Å². The third kappa shape index (κ3) is 3.45. The zero-order chi connectivity index (χ0) is 13.8. The second-order valence-corrected chi connectivity index (χ2v) is 5.37. The molecule has 1 aliphatic rings. The Labute approximate surface area is 117 Å². The van der Waals surface area contributed by atoms with Crippen molar-refractivity contribution in [2.24, 2.45) is 11.7 Å². The number of hydrogen-bond donors (Lipinski definition) is 1. The Balaban J connectivity index is 2.10. The normalized spacial score (nSPS) is 19.5. The Morgan fingerprint density at radius 3 is 3.00 bits per heavy atom. The highest BCUT2D eigenvalue weighted by Crippen LogP contribution is 2.24. The van der Waals surface area contributed by atoms with E-state index >= 15 is 0 Å². The minimum atomic E-state index is -0.429. The first-order valence-electron chi connectivity index (χ1n) is 6.56. The molecule has 19 heavy (non-hydrogen) atoms. The maximum Gasteiger partial charge on any atom is 0.255 e. The molecule has 1 saturated heterocycles. The topological polar surface area (TPSA) is 46.3 Å². The van der Waals surface area contributed by atoms with Gasteiger partial charge < -0.3 is 10.6 Å². The first-order valence-corrected chi connectivity index (χ1v) is 6.94.